The molecule has 0 radical (unpaired) electrons. The number of phenolic OH excluding ortho intramolecular Hbond substituents is 1. The lowest BCUT2D eigenvalue weighted by Gasteiger charge is -2.02. The van der Waals surface area contributed by atoms with Crippen molar-refractivity contribution in [3.8, 4) is 5.75 Å². The van der Waals surface area contributed by atoms with E-state index >= 15 is 0 Å². The van der Waals surface area contributed by atoms with Crippen molar-refractivity contribution in [3.63, 3.8) is 0 Å². The van der Waals surface area contributed by atoms with Gasteiger partial charge in [-0.2, -0.15) is 0 Å². The van der Waals surface area contributed by atoms with Crippen LogP contribution in [0.25, 0.3) is 10.8 Å². The van der Waals surface area contributed by atoms with Crippen LogP contribution < -0.4 is 0 Å². The molecule has 0 spiro atoms. The summed E-state index contributed by atoms with van der Waals surface area (Å²) in [5.41, 5.74) is 1.20. The summed E-state index contributed by atoms with van der Waals surface area (Å²) in [7, 11) is 3.25. The second-order valence-corrected chi connectivity index (χ2v) is 3.36. The highest BCUT2D eigenvalue weighted by Crippen LogP contribution is 2.26. The van der Waals surface area contributed by atoms with Crippen LogP contribution in [0.1, 0.15) is 19.4 Å². The Labute approximate surface area is 104 Å². The van der Waals surface area contributed by atoms with E-state index in [9.17, 15) is 5.11 Å². The molecule has 2 aromatic rings. The first kappa shape index (κ1) is 15.5. The Morgan fingerprint density at radius 1 is 0.882 bits per heavy atom. The van der Waals surface area contributed by atoms with Gasteiger partial charge in [-0.05, 0) is 23.9 Å². The molecule has 2 rings (SSSR count). The van der Waals surface area contributed by atoms with Gasteiger partial charge in [0.2, 0.25) is 0 Å². The first-order valence-electron chi connectivity index (χ1n) is 5.78. The fraction of sp³-hybridized carbons (Fsp3) is 0.333. The molecule has 0 aromatic heterocycles. The Bertz CT molecular complexity index is 395. The Balaban J connectivity index is 0.000000450. The van der Waals surface area contributed by atoms with Crippen molar-refractivity contribution in [2.75, 3.05) is 14.2 Å². The van der Waals surface area contributed by atoms with E-state index in [-0.39, 0.29) is 0 Å². The Kier molecular flexibility index (Phi) is 7.82. The number of hydrogen-bond acceptors (Lipinski definition) is 2. The van der Waals surface area contributed by atoms with Gasteiger partial charge in [0.1, 0.15) is 5.75 Å². The molecule has 0 saturated carbocycles. The zero-order valence-electron chi connectivity index (χ0n) is 11.3. The van der Waals surface area contributed by atoms with E-state index in [1.165, 1.54) is 5.56 Å². The highest BCUT2D eigenvalue weighted by molar-refractivity contribution is 5.90. The minimum atomic E-state index is 0.358. The highest BCUT2D eigenvalue weighted by atomic mass is 16.4. The maximum Gasteiger partial charge on any atom is 0.123 e. The van der Waals surface area contributed by atoms with Crippen LogP contribution in [0.4, 0.5) is 0 Å². The van der Waals surface area contributed by atoms with E-state index in [1.807, 2.05) is 51.1 Å². The normalized spacial score (nSPS) is 8.76. The van der Waals surface area contributed by atoms with Gasteiger partial charge in [-0.1, -0.05) is 44.2 Å². The molecular weight excluding hydrogens is 212 g/mol. The molecule has 2 heteroatoms. The summed E-state index contributed by atoms with van der Waals surface area (Å²) in [6, 6.07) is 11.5. The average Bonchev–Trinajstić information content (AvgIpc) is 2.38. The summed E-state index contributed by atoms with van der Waals surface area (Å²) in [4.78, 5) is 0. The van der Waals surface area contributed by atoms with E-state index in [0.29, 0.717) is 5.75 Å². The molecule has 0 atom stereocenters. The third-order valence-electron chi connectivity index (χ3n) is 2.12. The first-order valence-corrected chi connectivity index (χ1v) is 5.78. The minimum Gasteiger partial charge on any atom is -0.507 e. The zero-order valence-corrected chi connectivity index (χ0v) is 11.3. The quantitative estimate of drug-likeness (QED) is 0.742. The van der Waals surface area contributed by atoms with Crippen LogP contribution >= 0.6 is 0 Å². The SMILES string of the molecule is CC.COC.Cc1ccc(O)c2ccccc12. The van der Waals surface area contributed by atoms with Crippen LogP contribution in [0.15, 0.2) is 36.4 Å². The molecule has 0 aliphatic carbocycles. The summed E-state index contributed by atoms with van der Waals surface area (Å²) in [5, 5.41) is 11.5. The van der Waals surface area contributed by atoms with E-state index in [4.69, 9.17) is 0 Å². The van der Waals surface area contributed by atoms with Crippen LogP contribution in [0.3, 0.4) is 0 Å². The fourth-order valence-corrected chi connectivity index (χ4v) is 1.43. The summed E-state index contributed by atoms with van der Waals surface area (Å²) < 4.78 is 4.25. The van der Waals surface area contributed by atoms with Gasteiger partial charge in [0.05, 0.1) is 0 Å². The summed E-state index contributed by atoms with van der Waals surface area (Å²) in [6.07, 6.45) is 0. The number of hydrogen-bond donors (Lipinski definition) is 1. The number of aromatic hydroxyl groups is 1. The number of fused-ring (bicyclic) bond motifs is 1. The molecule has 0 fully saturated rings. The van der Waals surface area contributed by atoms with Crippen LogP contribution in [0, 0.1) is 6.92 Å². The van der Waals surface area contributed by atoms with Gasteiger partial charge in [-0.25, -0.2) is 0 Å². The molecule has 2 aromatic carbocycles. The first-order chi connectivity index (χ1) is 8.20. The Morgan fingerprint density at radius 3 is 1.82 bits per heavy atom. The molecule has 0 amide bonds. The highest BCUT2D eigenvalue weighted by Gasteiger charge is 1.99. The standard InChI is InChI=1S/C11H10O.C2H6O.C2H6/c1-8-6-7-11(12)10-5-3-2-4-9(8)10;1-3-2;1-2/h2-7,12H,1H3;1-2H3;1-2H3. The van der Waals surface area contributed by atoms with Gasteiger partial charge >= 0.3 is 0 Å². The smallest absolute Gasteiger partial charge is 0.123 e. The lowest BCUT2D eigenvalue weighted by atomic mass is 10.1. The van der Waals surface area contributed by atoms with Gasteiger partial charge in [-0.15, -0.1) is 0 Å². The monoisotopic (exact) mass is 234 g/mol. The zero-order chi connectivity index (χ0) is 13.3. The molecule has 94 valence electrons. The van der Waals surface area contributed by atoms with E-state index in [1.54, 1.807) is 20.3 Å². The van der Waals surface area contributed by atoms with Gasteiger partial charge in [0, 0.05) is 19.6 Å². The Morgan fingerprint density at radius 2 is 1.35 bits per heavy atom. The number of methoxy groups -OCH3 is 1. The molecule has 0 saturated heterocycles. The lowest BCUT2D eigenvalue weighted by Crippen LogP contribution is -1.77. The molecule has 0 aliphatic heterocycles. The van der Waals surface area contributed by atoms with Crippen LogP contribution in [-0.4, -0.2) is 19.3 Å². The summed E-state index contributed by atoms with van der Waals surface area (Å²) >= 11 is 0. The van der Waals surface area contributed by atoms with E-state index < -0.39 is 0 Å². The van der Waals surface area contributed by atoms with Gasteiger partial charge in [-0.3, -0.25) is 0 Å². The van der Waals surface area contributed by atoms with Crippen molar-refractivity contribution >= 4 is 10.8 Å². The van der Waals surface area contributed by atoms with E-state index in [0.717, 1.165) is 10.8 Å². The third kappa shape index (κ3) is 4.45. The second-order valence-electron chi connectivity index (χ2n) is 3.36. The van der Waals surface area contributed by atoms with Crippen molar-refractivity contribution in [3.05, 3.63) is 42.0 Å². The van der Waals surface area contributed by atoms with Crippen molar-refractivity contribution in [1.82, 2.24) is 0 Å². The van der Waals surface area contributed by atoms with Crippen molar-refractivity contribution in [1.29, 1.82) is 0 Å². The number of aryl methyl sites for hydroxylation is 1. The maximum atomic E-state index is 9.50. The molecule has 0 unspecified atom stereocenters. The number of rotatable bonds is 0. The molecule has 17 heavy (non-hydrogen) atoms. The number of ether oxygens (including phenoxy) is 1. The predicted octanol–water partition coefficient (Wildman–Crippen LogP) is 4.14. The molecule has 0 bridgehead atoms. The fourth-order valence-electron chi connectivity index (χ4n) is 1.43. The van der Waals surface area contributed by atoms with Gasteiger partial charge in [0.15, 0.2) is 0 Å². The lowest BCUT2D eigenvalue weighted by molar-refractivity contribution is 0.277. The largest absolute Gasteiger partial charge is 0.507 e. The third-order valence-corrected chi connectivity index (χ3v) is 2.12. The number of phenols is 1. The second kappa shape index (κ2) is 8.59. The molecule has 0 aliphatic rings. The molecule has 0 heterocycles. The van der Waals surface area contributed by atoms with Gasteiger partial charge < -0.3 is 9.84 Å². The predicted molar refractivity (Wildman–Crippen MR) is 74.6 cm³/mol. The van der Waals surface area contributed by atoms with Gasteiger partial charge in [0.25, 0.3) is 0 Å². The van der Waals surface area contributed by atoms with Crippen LogP contribution in [0.2, 0.25) is 0 Å². The molecular formula is C15H22O2. The minimum absolute atomic E-state index is 0.358. The number of benzene rings is 2. The van der Waals surface area contributed by atoms with Crippen molar-refractivity contribution < 1.29 is 9.84 Å². The maximum absolute atomic E-state index is 9.50. The summed E-state index contributed by atoms with van der Waals surface area (Å²) in [5.74, 6) is 0.358. The van der Waals surface area contributed by atoms with E-state index in [2.05, 4.69) is 4.74 Å². The van der Waals surface area contributed by atoms with Crippen molar-refractivity contribution in [2.24, 2.45) is 0 Å². The molecule has 2 nitrogen and oxygen atoms in total. The topological polar surface area (TPSA) is 29.5 Å². The Hall–Kier alpha value is -1.54. The summed E-state index contributed by atoms with van der Waals surface area (Å²) in [6.45, 7) is 6.04. The molecule has 1 N–H and O–H groups in total. The van der Waals surface area contributed by atoms with Crippen LogP contribution in [0.5, 0.6) is 5.75 Å². The average molecular weight is 234 g/mol. The van der Waals surface area contributed by atoms with Crippen molar-refractivity contribution in [2.45, 2.75) is 20.8 Å². The van der Waals surface area contributed by atoms with Crippen LogP contribution in [-0.2, 0) is 4.74 Å².